The molecule has 3 rings (SSSR count). The second-order valence-corrected chi connectivity index (χ2v) is 6.29. The Bertz CT molecular complexity index is 683. The van der Waals surface area contributed by atoms with Crippen LogP contribution in [-0.4, -0.2) is 45.0 Å². The van der Waals surface area contributed by atoms with Gasteiger partial charge >= 0.3 is 0 Å². The summed E-state index contributed by atoms with van der Waals surface area (Å²) in [5.41, 5.74) is 3.41. The Hall–Kier alpha value is -2.11. The van der Waals surface area contributed by atoms with Gasteiger partial charge in [0, 0.05) is 44.5 Å². The normalized spacial score (nSPS) is 14.8. The van der Waals surface area contributed by atoms with E-state index in [1.165, 1.54) is 11.3 Å². The molecule has 0 unspecified atom stereocenters. The van der Waals surface area contributed by atoms with Crippen molar-refractivity contribution in [3.63, 3.8) is 0 Å². The topological polar surface area (TPSA) is 35.9 Å². The van der Waals surface area contributed by atoms with Crippen molar-refractivity contribution in [2.45, 2.75) is 13.0 Å². The van der Waals surface area contributed by atoms with Crippen molar-refractivity contribution in [2.75, 3.05) is 49.7 Å². The van der Waals surface area contributed by atoms with Crippen LogP contribution in [0, 0.1) is 5.82 Å². The van der Waals surface area contributed by atoms with Crippen LogP contribution in [0.1, 0.15) is 11.1 Å². The maximum absolute atomic E-state index is 14.4. The van der Waals surface area contributed by atoms with Gasteiger partial charge in [-0.25, -0.2) is 4.39 Å². The number of anilines is 2. The first-order valence-corrected chi connectivity index (χ1v) is 8.69. The number of halogens is 1. The number of aliphatic hydroxyl groups is 1. The lowest BCUT2D eigenvalue weighted by molar-refractivity contribution is 0.202. The van der Waals surface area contributed by atoms with Gasteiger partial charge in [-0.1, -0.05) is 24.3 Å². The molecule has 0 amide bonds. The minimum atomic E-state index is -0.305. The van der Waals surface area contributed by atoms with E-state index >= 15 is 0 Å². The summed E-state index contributed by atoms with van der Waals surface area (Å²) in [5, 5.41) is 9.23. The molecule has 1 saturated heterocycles. The number of ether oxygens (including phenoxy) is 1. The molecule has 2 aromatic rings. The predicted molar refractivity (Wildman–Crippen MR) is 98.8 cm³/mol. The fourth-order valence-corrected chi connectivity index (χ4v) is 3.23. The molecule has 0 saturated carbocycles. The van der Waals surface area contributed by atoms with Gasteiger partial charge in [-0.3, -0.25) is 0 Å². The van der Waals surface area contributed by atoms with E-state index in [2.05, 4.69) is 34.1 Å². The highest BCUT2D eigenvalue weighted by Crippen LogP contribution is 2.25. The van der Waals surface area contributed by atoms with Gasteiger partial charge in [-0.2, -0.15) is 0 Å². The third-order valence-electron chi connectivity index (χ3n) is 4.75. The lowest BCUT2D eigenvalue weighted by atomic mass is 10.1. The largest absolute Gasteiger partial charge is 0.392 e. The van der Waals surface area contributed by atoms with Gasteiger partial charge in [0.25, 0.3) is 0 Å². The van der Waals surface area contributed by atoms with Crippen LogP contribution in [-0.2, 0) is 17.8 Å². The molecule has 0 atom stereocenters. The van der Waals surface area contributed by atoms with Crippen molar-refractivity contribution in [1.82, 2.24) is 0 Å². The van der Waals surface area contributed by atoms with Crippen molar-refractivity contribution < 1.29 is 14.2 Å². The van der Waals surface area contributed by atoms with Crippen molar-refractivity contribution in [2.24, 2.45) is 0 Å². The maximum Gasteiger partial charge on any atom is 0.151 e. The molecule has 2 aromatic carbocycles. The highest BCUT2D eigenvalue weighted by atomic mass is 19.1. The van der Waals surface area contributed by atoms with Gasteiger partial charge < -0.3 is 19.6 Å². The Labute approximate surface area is 148 Å². The number of benzene rings is 2. The number of methoxy groups -OCH3 is 1. The van der Waals surface area contributed by atoms with Crippen LogP contribution >= 0.6 is 0 Å². The molecule has 0 aromatic heterocycles. The predicted octanol–water partition coefficient (Wildman–Crippen LogP) is 2.83. The van der Waals surface area contributed by atoms with Gasteiger partial charge in [0.1, 0.15) is 0 Å². The average molecular weight is 344 g/mol. The van der Waals surface area contributed by atoms with Crippen LogP contribution in [0.4, 0.5) is 15.8 Å². The van der Waals surface area contributed by atoms with E-state index in [0.717, 1.165) is 39.2 Å². The lowest BCUT2D eigenvalue weighted by Crippen LogP contribution is -2.46. The molecule has 4 nitrogen and oxygen atoms in total. The first kappa shape index (κ1) is 17.7. The Morgan fingerprint density at radius 3 is 2.32 bits per heavy atom. The van der Waals surface area contributed by atoms with Crippen molar-refractivity contribution in [3.05, 3.63) is 59.4 Å². The van der Waals surface area contributed by atoms with Gasteiger partial charge in [-0.05, 0) is 30.2 Å². The quantitative estimate of drug-likeness (QED) is 0.874. The summed E-state index contributed by atoms with van der Waals surface area (Å²) in [6.07, 6.45) is 0.922. The average Bonchev–Trinajstić information content (AvgIpc) is 2.67. The third-order valence-corrected chi connectivity index (χ3v) is 4.75. The number of rotatable bonds is 6. The minimum Gasteiger partial charge on any atom is -0.392 e. The summed E-state index contributed by atoms with van der Waals surface area (Å²) < 4.78 is 19.5. The highest BCUT2D eigenvalue weighted by molar-refractivity contribution is 5.54. The van der Waals surface area contributed by atoms with E-state index in [4.69, 9.17) is 4.74 Å². The van der Waals surface area contributed by atoms with Gasteiger partial charge in [0.15, 0.2) is 5.82 Å². The van der Waals surface area contributed by atoms with E-state index < -0.39 is 0 Å². The number of hydrogen-bond donors (Lipinski definition) is 1. The van der Waals surface area contributed by atoms with E-state index in [0.29, 0.717) is 11.3 Å². The number of piperazine rings is 1. The van der Waals surface area contributed by atoms with E-state index in [1.807, 2.05) is 0 Å². The van der Waals surface area contributed by atoms with Crippen molar-refractivity contribution >= 4 is 11.4 Å². The second kappa shape index (κ2) is 8.32. The standard InChI is InChI=1S/C20H25FN2O2/c1-25-14-9-16-5-7-18(8-6-16)22-10-12-23(13-11-22)19-4-2-3-17(15-24)20(19)21/h2-8,24H,9-15H2,1H3. The molecule has 134 valence electrons. The zero-order chi connectivity index (χ0) is 17.6. The summed E-state index contributed by atoms with van der Waals surface area (Å²) >= 11 is 0. The number of hydrogen-bond acceptors (Lipinski definition) is 4. The number of nitrogens with zero attached hydrogens (tertiary/aromatic N) is 2. The SMILES string of the molecule is COCCc1ccc(N2CCN(c3cccc(CO)c3F)CC2)cc1. The lowest BCUT2D eigenvalue weighted by Gasteiger charge is -2.37. The Kier molecular flexibility index (Phi) is 5.89. The van der Waals surface area contributed by atoms with Crippen molar-refractivity contribution in [1.29, 1.82) is 0 Å². The van der Waals surface area contributed by atoms with E-state index in [-0.39, 0.29) is 12.4 Å². The molecule has 0 radical (unpaired) electrons. The molecule has 5 heteroatoms. The van der Waals surface area contributed by atoms with E-state index in [9.17, 15) is 9.50 Å². The molecule has 1 aliphatic rings. The minimum absolute atomic E-state index is 0.269. The van der Waals surface area contributed by atoms with Crippen molar-refractivity contribution in [3.8, 4) is 0 Å². The Morgan fingerprint density at radius 2 is 1.68 bits per heavy atom. The zero-order valence-corrected chi connectivity index (χ0v) is 14.6. The van der Waals surface area contributed by atoms with Crippen LogP contribution in [0.2, 0.25) is 0 Å². The summed E-state index contributed by atoms with van der Waals surface area (Å²) in [6, 6.07) is 13.8. The summed E-state index contributed by atoms with van der Waals surface area (Å²) in [4.78, 5) is 4.38. The van der Waals surface area contributed by atoms with Gasteiger partial charge in [0.2, 0.25) is 0 Å². The Balaban J connectivity index is 1.62. The monoisotopic (exact) mass is 344 g/mol. The summed E-state index contributed by atoms with van der Waals surface area (Å²) in [6.45, 7) is 3.68. The molecule has 1 aliphatic heterocycles. The molecule has 0 bridgehead atoms. The number of aliphatic hydroxyl groups excluding tert-OH is 1. The molecule has 25 heavy (non-hydrogen) atoms. The fourth-order valence-electron chi connectivity index (χ4n) is 3.23. The summed E-state index contributed by atoms with van der Waals surface area (Å²) in [5.74, 6) is -0.305. The summed E-state index contributed by atoms with van der Waals surface area (Å²) in [7, 11) is 1.72. The molecule has 1 fully saturated rings. The van der Waals surface area contributed by atoms with E-state index in [1.54, 1.807) is 25.3 Å². The van der Waals surface area contributed by atoms with Crippen LogP contribution in [0.25, 0.3) is 0 Å². The molecular weight excluding hydrogens is 319 g/mol. The smallest absolute Gasteiger partial charge is 0.151 e. The van der Waals surface area contributed by atoms with Crippen LogP contribution in [0.5, 0.6) is 0 Å². The Morgan fingerprint density at radius 1 is 1.00 bits per heavy atom. The fraction of sp³-hybridized carbons (Fsp3) is 0.400. The molecule has 0 spiro atoms. The van der Waals surface area contributed by atoms with Crippen LogP contribution < -0.4 is 9.80 Å². The molecule has 0 aliphatic carbocycles. The first-order chi connectivity index (χ1) is 12.2. The zero-order valence-electron chi connectivity index (χ0n) is 14.6. The molecule has 1 heterocycles. The second-order valence-electron chi connectivity index (χ2n) is 6.29. The highest BCUT2D eigenvalue weighted by Gasteiger charge is 2.20. The maximum atomic E-state index is 14.4. The van der Waals surface area contributed by atoms with Gasteiger partial charge in [-0.15, -0.1) is 0 Å². The molecule has 1 N–H and O–H groups in total. The first-order valence-electron chi connectivity index (χ1n) is 8.69. The van der Waals surface area contributed by atoms with Crippen LogP contribution in [0.3, 0.4) is 0 Å². The molecular formula is C20H25FN2O2. The van der Waals surface area contributed by atoms with Gasteiger partial charge in [0.05, 0.1) is 18.9 Å². The third kappa shape index (κ3) is 4.11. The van der Waals surface area contributed by atoms with Crippen LogP contribution in [0.15, 0.2) is 42.5 Å².